The van der Waals surface area contributed by atoms with Crippen LogP contribution in [-0.2, 0) is 11.3 Å². The molecule has 9 heteroatoms. The molecule has 0 aromatic heterocycles. The van der Waals surface area contributed by atoms with Gasteiger partial charge in [0.05, 0.1) is 19.3 Å². The van der Waals surface area contributed by atoms with Gasteiger partial charge in [-0.3, -0.25) is 9.69 Å². The third-order valence-electron chi connectivity index (χ3n) is 5.05. The van der Waals surface area contributed by atoms with Gasteiger partial charge in [0, 0.05) is 38.8 Å². The molecule has 1 heterocycles. The van der Waals surface area contributed by atoms with Crippen LogP contribution in [-0.4, -0.2) is 61.6 Å². The highest BCUT2D eigenvalue weighted by Crippen LogP contribution is 2.15. The van der Waals surface area contributed by atoms with Crippen LogP contribution in [0.4, 0.5) is 19.3 Å². The Morgan fingerprint density at radius 1 is 1.03 bits per heavy atom. The molecule has 3 rings (SSSR count). The SMILES string of the molecule is COc1ccc(CNC(=O)N2CCCN(CC(=O)Nc3ccc(F)cc3F)CC2)cc1. The number of hydrogen-bond acceptors (Lipinski definition) is 4. The van der Waals surface area contributed by atoms with E-state index < -0.39 is 11.6 Å². The number of nitrogens with zero attached hydrogens (tertiary/aromatic N) is 2. The average molecular weight is 432 g/mol. The molecule has 2 aromatic carbocycles. The number of methoxy groups -OCH3 is 1. The quantitative estimate of drug-likeness (QED) is 0.736. The van der Waals surface area contributed by atoms with E-state index >= 15 is 0 Å². The minimum atomic E-state index is -0.816. The maximum atomic E-state index is 13.7. The summed E-state index contributed by atoms with van der Waals surface area (Å²) in [6, 6.07) is 10.3. The number of hydrogen-bond donors (Lipinski definition) is 2. The lowest BCUT2D eigenvalue weighted by Gasteiger charge is -2.22. The number of ether oxygens (including phenoxy) is 1. The van der Waals surface area contributed by atoms with Crippen molar-refractivity contribution in [2.75, 3.05) is 45.2 Å². The number of rotatable bonds is 6. The van der Waals surface area contributed by atoms with Gasteiger partial charge in [-0.2, -0.15) is 0 Å². The van der Waals surface area contributed by atoms with Crippen molar-refractivity contribution in [3.8, 4) is 5.75 Å². The number of carbonyl (C=O) groups is 2. The van der Waals surface area contributed by atoms with E-state index in [0.29, 0.717) is 39.1 Å². The number of carbonyl (C=O) groups excluding carboxylic acids is 2. The summed E-state index contributed by atoms with van der Waals surface area (Å²) in [6.45, 7) is 2.70. The van der Waals surface area contributed by atoms with Crippen LogP contribution >= 0.6 is 0 Å². The number of anilines is 1. The highest BCUT2D eigenvalue weighted by Gasteiger charge is 2.20. The molecule has 7 nitrogen and oxygen atoms in total. The molecule has 0 saturated carbocycles. The Kier molecular flexibility index (Phi) is 7.77. The van der Waals surface area contributed by atoms with Crippen molar-refractivity contribution in [2.24, 2.45) is 0 Å². The molecular weight excluding hydrogens is 406 g/mol. The summed E-state index contributed by atoms with van der Waals surface area (Å²) >= 11 is 0. The van der Waals surface area contributed by atoms with Crippen LogP contribution in [0.25, 0.3) is 0 Å². The Hall–Kier alpha value is -3.20. The molecule has 0 atom stereocenters. The van der Waals surface area contributed by atoms with Gasteiger partial charge in [0.2, 0.25) is 5.91 Å². The van der Waals surface area contributed by atoms with Crippen LogP contribution in [0.2, 0.25) is 0 Å². The summed E-state index contributed by atoms with van der Waals surface area (Å²) in [4.78, 5) is 28.4. The molecule has 1 fully saturated rings. The minimum Gasteiger partial charge on any atom is -0.497 e. The van der Waals surface area contributed by atoms with E-state index in [1.54, 1.807) is 12.0 Å². The van der Waals surface area contributed by atoms with E-state index in [1.165, 1.54) is 6.07 Å². The maximum Gasteiger partial charge on any atom is 0.317 e. The topological polar surface area (TPSA) is 73.9 Å². The highest BCUT2D eigenvalue weighted by molar-refractivity contribution is 5.92. The maximum absolute atomic E-state index is 13.7. The molecule has 1 aliphatic heterocycles. The van der Waals surface area contributed by atoms with Gasteiger partial charge in [-0.05, 0) is 36.2 Å². The van der Waals surface area contributed by atoms with E-state index in [2.05, 4.69) is 10.6 Å². The second kappa shape index (κ2) is 10.7. The van der Waals surface area contributed by atoms with Crippen LogP contribution in [0, 0.1) is 11.6 Å². The van der Waals surface area contributed by atoms with Crippen molar-refractivity contribution in [2.45, 2.75) is 13.0 Å². The summed E-state index contributed by atoms with van der Waals surface area (Å²) in [7, 11) is 1.60. The molecule has 0 unspecified atom stereocenters. The minimum absolute atomic E-state index is 0.0549. The smallest absolute Gasteiger partial charge is 0.317 e. The Morgan fingerprint density at radius 3 is 2.52 bits per heavy atom. The molecule has 1 saturated heterocycles. The monoisotopic (exact) mass is 432 g/mol. The van der Waals surface area contributed by atoms with Crippen LogP contribution in [0.15, 0.2) is 42.5 Å². The number of amides is 3. The molecule has 31 heavy (non-hydrogen) atoms. The molecule has 0 radical (unpaired) electrons. The lowest BCUT2D eigenvalue weighted by molar-refractivity contribution is -0.117. The summed E-state index contributed by atoms with van der Waals surface area (Å²) < 4.78 is 31.8. The van der Waals surface area contributed by atoms with Gasteiger partial charge in [-0.1, -0.05) is 12.1 Å². The first-order valence-corrected chi connectivity index (χ1v) is 10.1. The standard InChI is InChI=1S/C22H26F2N4O3/c1-31-18-6-3-16(4-7-18)14-25-22(30)28-10-2-9-27(11-12-28)15-21(29)26-20-8-5-17(23)13-19(20)24/h3-8,13H,2,9-12,14-15H2,1H3,(H,25,30)(H,26,29). The van der Waals surface area contributed by atoms with E-state index in [-0.39, 0.29) is 24.2 Å². The van der Waals surface area contributed by atoms with Crippen molar-refractivity contribution >= 4 is 17.6 Å². The Balaban J connectivity index is 1.44. The predicted octanol–water partition coefficient (Wildman–Crippen LogP) is 2.83. The number of nitrogens with one attached hydrogen (secondary N) is 2. The predicted molar refractivity (Wildman–Crippen MR) is 113 cm³/mol. The molecule has 0 aliphatic carbocycles. The second-order valence-electron chi connectivity index (χ2n) is 7.30. The van der Waals surface area contributed by atoms with Gasteiger partial charge in [0.15, 0.2) is 0 Å². The molecular formula is C22H26F2N4O3. The van der Waals surface area contributed by atoms with E-state index in [0.717, 1.165) is 23.4 Å². The number of benzene rings is 2. The van der Waals surface area contributed by atoms with Crippen molar-refractivity contribution in [1.29, 1.82) is 0 Å². The second-order valence-corrected chi connectivity index (χ2v) is 7.30. The zero-order valence-electron chi connectivity index (χ0n) is 17.4. The van der Waals surface area contributed by atoms with Gasteiger partial charge >= 0.3 is 6.03 Å². The molecule has 2 N–H and O–H groups in total. The van der Waals surface area contributed by atoms with Crippen molar-refractivity contribution in [3.63, 3.8) is 0 Å². The summed E-state index contributed by atoms with van der Waals surface area (Å²) in [5.41, 5.74) is 0.913. The van der Waals surface area contributed by atoms with Crippen LogP contribution in [0.1, 0.15) is 12.0 Å². The molecule has 166 valence electrons. The highest BCUT2D eigenvalue weighted by atomic mass is 19.1. The fourth-order valence-corrected chi connectivity index (χ4v) is 3.35. The van der Waals surface area contributed by atoms with Gasteiger partial charge in [-0.15, -0.1) is 0 Å². The molecule has 3 amide bonds. The first-order chi connectivity index (χ1) is 14.9. The zero-order valence-corrected chi connectivity index (χ0v) is 17.4. The largest absolute Gasteiger partial charge is 0.497 e. The van der Waals surface area contributed by atoms with Gasteiger partial charge in [0.25, 0.3) is 0 Å². The third-order valence-corrected chi connectivity index (χ3v) is 5.05. The first-order valence-electron chi connectivity index (χ1n) is 10.1. The first kappa shape index (κ1) is 22.5. The van der Waals surface area contributed by atoms with Crippen LogP contribution in [0.5, 0.6) is 5.75 Å². The molecule has 1 aliphatic rings. The van der Waals surface area contributed by atoms with Crippen molar-refractivity contribution < 1.29 is 23.1 Å². The van der Waals surface area contributed by atoms with Gasteiger partial charge < -0.3 is 20.3 Å². The lowest BCUT2D eigenvalue weighted by Crippen LogP contribution is -2.42. The summed E-state index contributed by atoms with van der Waals surface area (Å²) in [5, 5.41) is 5.37. The van der Waals surface area contributed by atoms with E-state index in [4.69, 9.17) is 4.74 Å². The van der Waals surface area contributed by atoms with Crippen LogP contribution < -0.4 is 15.4 Å². The average Bonchev–Trinajstić information content (AvgIpc) is 3.00. The van der Waals surface area contributed by atoms with Crippen molar-refractivity contribution in [1.82, 2.24) is 15.1 Å². The Bertz CT molecular complexity index is 908. The molecule has 2 aromatic rings. The Labute approximate surface area is 180 Å². The lowest BCUT2D eigenvalue weighted by atomic mass is 10.2. The molecule has 0 spiro atoms. The number of halogens is 2. The fraction of sp³-hybridized carbons (Fsp3) is 0.364. The van der Waals surface area contributed by atoms with Crippen molar-refractivity contribution in [3.05, 3.63) is 59.7 Å². The fourth-order valence-electron chi connectivity index (χ4n) is 3.35. The van der Waals surface area contributed by atoms with E-state index in [9.17, 15) is 18.4 Å². The zero-order chi connectivity index (χ0) is 22.2. The van der Waals surface area contributed by atoms with Gasteiger partial charge in [-0.25, -0.2) is 13.6 Å². The van der Waals surface area contributed by atoms with E-state index in [1.807, 2.05) is 29.2 Å². The summed E-state index contributed by atoms with van der Waals surface area (Å²) in [5.74, 6) is -1.14. The van der Waals surface area contributed by atoms with Gasteiger partial charge in [0.1, 0.15) is 17.4 Å². The number of urea groups is 1. The normalized spacial score (nSPS) is 14.6. The third kappa shape index (κ3) is 6.65. The molecule has 0 bridgehead atoms. The Morgan fingerprint density at radius 2 is 1.81 bits per heavy atom. The summed E-state index contributed by atoms with van der Waals surface area (Å²) in [6.07, 6.45) is 0.716. The van der Waals surface area contributed by atoms with Crippen LogP contribution in [0.3, 0.4) is 0 Å².